The van der Waals surface area contributed by atoms with Gasteiger partial charge in [0.05, 0.1) is 4.88 Å². The lowest BCUT2D eigenvalue weighted by atomic mass is 10.0. The first-order chi connectivity index (χ1) is 14.7. The number of carbonyl (C=O) groups excluding carboxylic acids is 1. The van der Waals surface area contributed by atoms with E-state index in [0.717, 1.165) is 16.8 Å². The smallest absolute Gasteiger partial charge is 0.268 e. The molecule has 1 aliphatic heterocycles. The van der Waals surface area contributed by atoms with Crippen LogP contribution < -0.4 is 10.6 Å². The summed E-state index contributed by atoms with van der Waals surface area (Å²) < 4.78 is 1.76. The second-order valence-corrected chi connectivity index (χ2v) is 8.09. The van der Waals surface area contributed by atoms with Gasteiger partial charge in [0, 0.05) is 10.7 Å². The normalized spacial score (nSPS) is 15.1. The van der Waals surface area contributed by atoms with E-state index < -0.39 is 0 Å². The second kappa shape index (κ2) is 7.78. The maximum absolute atomic E-state index is 12.4. The van der Waals surface area contributed by atoms with Crippen LogP contribution in [0, 0.1) is 0 Å². The number of benzene rings is 2. The summed E-state index contributed by atoms with van der Waals surface area (Å²) in [5.41, 5.74) is 2.97. The Balaban J connectivity index is 1.53. The van der Waals surface area contributed by atoms with Crippen molar-refractivity contribution in [3.05, 3.63) is 99.2 Å². The first-order valence-corrected chi connectivity index (χ1v) is 10.5. The highest BCUT2D eigenvalue weighted by molar-refractivity contribution is 7.12. The van der Waals surface area contributed by atoms with Gasteiger partial charge < -0.3 is 5.32 Å². The third kappa shape index (κ3) is 3.60. The molecule has 1 amide bonds. The van der Waals surface area contributed by atoms with Gasteiger partial charge in [-0.1, -0.05) is 60.1 Å². The average molecular weight is 434 g/mol. The predicted octanol–water partition coefficient (Wildman–Crippen LogP) is 5.30. The van der Waals surface area contributed by atoms with E-state index in [1.54, 1.807) is 10.7 Å². The summed E-state index contributed by atoms with van der Waals surface area (Å²) in [6, 6.07) is 21.0. The van der Waals surface area contributed by atoms with Crippen LogP contribution in [0.1, 0.15) is 26.8 Å². The molecule has 2 aromatic carbocycles. The summed E-state index contributed by atoms with van der Waals surface area (Å²) in [4.78, 5) is 17.5. The molecule has 0 aliphatic carbocycles. The number of amides is 1. The van der Waals surface area contributed by atoms with Gasteiger partial charge in [-0.2, -0.15) is 4.98 Å². The number of allylic oxidation sites excluding steroid dienone is 1. The lowest BCUT2D eigenvalue weighted by molar-refractivity contribution is 0.102. The number of aromatic nitrogens is 3. The molecule has 6 nitrogen and oxygen atoms in total. The van der Waals surface area contributed by atoms with Gasteiger partial charge in [-0.25, -0.2) is 4.68 Å². The zero-order valence-electron chi connectivity index (χ0n) is 15.6. The molecule has 0 bridgehead atoms. The Labute approximate surface area is 181 Å². The van der Waals surface area contributed by atoms with Gasteiger partial charge in [-0.15, -0.1) is 16.4 Å². The minimum Gasteiger partial charge on any atom is -0.324 e. The summed E-state index contributed by atoms with van der Waals surface area (Å²) >= 11 is 7.45. The molecule has 2 aromatic heterocycles. The number of rotatable bonds is 4. The minimum absolute atomic E-state index is 0.200. The van der Waals surface area contributed by atoms with Crippen LogP contribution in [0.4, 0.5) is 11.9 Å². The highest BCUT2D eigenvalue weighted by Gasteiger charge is 2.26. The number of hydrogen-bond acceptors (Lipinski definition) is 5. The van der Waals surface area contributed by atoms with E-state index in [1.807, 2.05) is 66.0 Å². The predicted molar refractivity (Wildman–Crippen MR) is 120 cm³/mol. The number of carbonyl (C=O) groups is 1. The number of nitrogens with zero attached hydrogens (tertiary/aromatic N) is 3. The molecule has 4 aromatic rings. The molecule has 1 atom stereocenters. The topological polar surface area (TPSA) is 71.8 Å². The van der Waals surface area contributed by atoms with Gasteiger partial charge in [-0.3, -0.25) is 10.1 Å². The van der Waals surface area contributed by atoms with Gasteiger partial charge in [0.25, 0.3) is 11.9 Å². The van der Waals surface area contributed by atoms with Crippen molar-refractivity contribution in [3.63, 3.8) is 0 Å². The number of thiophene rings is 1. The van der Waals surface area contributed by atoms with Crippen LogP contribution in [-0.4, -0.2) is 20.7 Å². The number of anilines is 2. The molecule has 0 spiro atoms. The maximum atomic E-state index is 12.4. The lowest BCUT2D eigenvalue weighted by Gasteiger charge is -2.24. The van der Waals surface area contributed by atoms with Crippen LogP contribution >= 0.6 is 22.9 Å². The van der Waals surface area contributed by atoms with Crippen molar-refractivity contribution in [1.29, 1.82) is 0 Å². The molecule has 0 saturated carbocycles. The summed E-state index contributed by atoms with van der Waals surface area (Å²) in [6.45, 7) is 0. The van der Waals surface area contributed by atoms with Crippen LogP contribution in [0.3, 0.4) is 0 Å². The Morgan fingerprint density at radius 3 is 2.60 bits per heavy atom. The molecule has 30 heavy (non-hydrogen) atoms. The zero-order valence-corrected chi connectivity index (χ0v) is 17.2. The molecular formula is C22H16ClN5OS. The fourth-order valence-electron chi connectivity index (χ4n) is 3.30. The average Bonchev–Trinajstić information content (AvgIpc) is 3.44. The van der Waals surface area contributed by atoms with Gasteiger partial charge in [0.1, 0.15) is 6.04 Å². The van der Waals surface area contributed by atoms with Crippen molar-refractivity contribution in [3.8, 4) is 0 Å². The van der Waals surface area contributed by atoms with E-state index in [1.165, 1.54) is 11.3 Å². The third-order valence-corrected chi connectivity index (χ3v) is 5.85. The highest BCUT2D eigenvalue weighted by atomic mass is 35.5. The van der Waals surface area contributed by atoms with E-state index in [4.69, 9.17) is 11.6 Å². The maximum Gasteiger partial charge on any atom is 0.268 e. The lowest BCUT2D eigenvalue weighted by Crippen LogP contribution is -2.20. The van der Waals surface area contributed by atoms with Crippen molar-refractivity contribution >= 4 is 46.4 Å². The Kier molecular flexibility index (Phi) is 4.82. The Morgan fingerprint density at radius 2 is 1.87 bits per heavy atom. The molecular weight excluding hydrogens is 418 g/mol. The quantitative estimate of drug-likeness (QED) is 0.458. The molecule has 2 N–H and O–H groups in total. The number of halogens is 1. The largest absolute Gasteiger partial charge is 0.324 e. The van der Waals surface area contributed by atoms with E-state index >= 15 is 0 Å². The van der Waals surface area contributed by atoms with E-state index in [0.29, 0.717) is 15.8 Å². The zero-order chi connectivity index (χ0) is 20.5. The second-order valence-electron chi connectivity index (χ2n) is 6.70. The van der Waals surface area contributed by atoms with Crippen molar-refractivity contribution in [2.24, 2.45) is 0 Å². The fourth-order valence-corrected chi connectivity index (χ4v) is 4.05. The molecule has 5 rings (SSSR count). The standard InChI is InChI=1S/C22H16ClN5OS/c23-16-10-8-15(9-11-16)18-13-17(14-5-2-1-3-6-14)24-22-26-21(27-28(18)22)25-20(29)19-7-4-12-30-19/h1-13,18H,(H2,24,25,26,27,29). The van der Waals surface area contributed by atoms with E-state index in [2.05, 4.69) is 26.8 Å². The Morgan fingerprint density at radius 1 is 1.07 bits per heavy atom. The third-order valence-electron chi connectivity index (χ3n) is 4.73. The monoisotopic (exact) mass is 433 g/mol. The minimum atomic E-state index is -0.229. The van der Waals surface area contributed by atoms with Gasteiger partial charge in [0.2, 0.25) is 5.95 Å². The SMILES string of the molecule is O=C(Nc1nc2n(n1)C(c1ccc(Cl)cc1)C=C(c1ccccc1)N2)c1cccs1. The number of nitrogens with one attached hydrogen (secondary N) is 2. The van der Waals surface area contributed by atoms with E-state index in [-0.39, 0.29) is 17.9 Å². The molecule has 1 aliphatic rings. The first-order valence-electron chi connectivity index (χ1n) is 9.28. The van der Waals surface area contributed by atoms with Gasteiger partial charge >= 0.3 is 0 Å². The van der Waals surface area contributed by atoms with Crippen LogP contribution in [0.25, 0.3) is 5.70 Å². The number of hydrogen-bond donors (Lipinski definition) is 2. The Hall–Kier alpha value is -3.42. The molecule has 148 valence electrons. The first kappa shape index (κ1) is 18.6. The summed E-state index contributed by atoms with van der Waals surface area (Å²) in [7, 11) is 0. The van der Waals surface area contributed by atoms with Gasteiger partial charge in [0.15, 0.2) is 0 Å². The van der Waals surface area contributed by atoms with Crippen LogP contribution in [0.5, 0.6) is 0 Å². The van der Waals surface area contributed by atoms with Gasteiger partial charge in [-0.05, 0) is 40.8 Å². The fraction of sp³-hybridized carbons (Fsp3) is 0.0455. The van der Waals surface area contributed by atoms with Crippen LogP contribution in [0.2, 0.25) is 5.02 Å². The van der Waals surface area contributed by atoms with E-state index in [9.17, 15) is 4.79 Å². The molecule has 3 heterocycles. The van der Waals surface area contributed by atoms with Crippen molar-refractivity contribution < 1.29 is 4.79 Å². The summed E-state index contributed by atoms with van der Waals surface area (Å²) in [5, 5.41) is 13.2. The molecule has 8 heteroatoms. The Bertz CT molecular complexity index is 1220. The molecule has 1 unspecified atom stereocenters. The van der Waals surface area contributed by atoms with Crippen molar-refractivity contribution in [2.45, 2.75) is 6.04 Å². The van der Waals surface area contributed by atoms with Crippen molar-refractivity contribution in [2.75, 3.05) is 10.6 Å². The molecule has 0 fully saturated rings. The summed E-state index contributed by atoms with van der Waals surface area (Å²) in [6.07, 6.45) is 2.09. The molecule has 0 saturated heterocycles. The van der Waals surface area contributed by atoms with Crippen LogP contribution in [-0.2, 0) is 0 Å². The molecule has 0 radical (unpaired) electrons. The van der Waals surface area contributed by atoms with Crippen LogP contribution in [0.15, 0.2) is 78.2 Å². The highest BCUT2D eigenvalue weighted by Crippen LogP contribution is 2.33. The van der Waals surface area contributed by atoms with Crippen molar-refractivity contribution in [1.82, 2.24) is 14.8 Å². The number of fused-ring (bicyclic) bond motifs is 1. The summed E-state index contributed by atoms with van der Waals surface area (Å²) in [5.74, 6) is 0.572.